The van der Waals surface area contributed by atoms with Gasteiger partial charge in [-0.3, -0.25) is 9.79 Å². The number of rotatable bonds is 1. The SMILES string of the molecule is NC(=O)C1=CSCN=C1. The molecule has 1 heterocycles. The Morgan fingerprint density at radius 3 is 3.00 bits per heavy atom. The molecule has 48 valence electrons. The van der Waals surface area contributed by atoms with E-state index in [1.165, 1.54) is 18.0 Å². The van der Waals surface area contributed by atoms with Crippen LogP contribution in [0.25, 0.3) is 0 Å². The van der Waals surface area contributed by atoms with Gasteiger partial charge in [-0.15, -0.1) is 11.8 Å². The third-order valence-electron chi connectivity index (χ3n) is 0.874. The van der Waals surface area contributed by atoms with E-state index in [0.29, 0.717) is 11.4 Å². The topological polar surface area (TPSA) is 55.5 Å². The first kappa shape index (κ1) is 6.35. The molecule has 0 spiro atoms. The van der Waals surface area contributed by atoms with Crippen molar-refractivity contribution in [2.45, 2.75) is 0 Å². The molecule has 2 N–H and O–H groups in total. The van der Waals surface area contributed by atoms with Crippen molar-refractivity contribution in [3.8, 4) is 0 Å². The van der Waals surface area contributed by atoms with Gasteiger partial charge in [-0.25, -0.2) is 0 Å². The number of aliphatic imine (C=N–C) groups is 1. The van der Waals surface area contributed by atoms with Crippen LogP contribution >= 0.6 is 11.8 Å². The minimum absolute atomic E-state index is 0.411. The lowest BCUT2D eigenvalue weighted by Crippen LogP contribution is -2.15. The summed E-state index contributed by atoms with van der Waals surface area (Å²) in [7, 11) is 0. The van der Waals surface area contributed by atoms with E-state index >= 15 is 0 Å². The Balaban J connectivity index is 2.69. The summed E-state index contributed by atoms with van der Waals surface area (Å²) >= 11 is 1.47. The lowest BCUT2D eigenvalue weighted by atomic mass is 10.3. The standard InChI is InChI=1S/C5H6N2OS/c6-5(8)4-1-7-3-9-2-4/h1-2H,3H2,(H2,6,8). The normalized spacial score (nSPS) is 17.1. The summed E-state index contributed by atoms with van der Waals surface area (Å²) < 4.78 is 0. The van der Waals surface area contributed by atoms with Crippen molar-refractivity contribution in [1.29, 1.82) is 0 Å². The van der Waals surface area contributed by atoms with E-state index in [4.69, 9.17) is 5.73 Å². The highest BCUT2D eigenvalue weighted by Gasteiger charge is 2.02. The summed E-state index contributed by atoms with van der Waals surface area (Å²) in [5.74, 6) is 0.280. The van der Waals surface area contributed by atoms with Crippen molar-refractivity contribution in [3.63, 3.8) is 0 Å². The highest BCUT2D eigenvalue weighted by atomic mass is 32.2. The zero-order chi connectivity index (χ0) is 6.69. The Bertz CT molecular complexity index is 185. The van der Waals surface area contributed by atoms with Crippen LogP contribution in [0.2, 0.25) is 0 Å². The maximum Gasteiger partial charge on any atom is 0.250 e. The van der Waals surface area contributed by atoms with E-state index < -0.39 is 5.91 Å². The molecule has 1 aliphatic rings. The lowest BCUT2D eigenvalue weighted by molar-refractivity contribution is -0.114. The van der Waals surface area contributed by atoms with Crippen LogP contribution in [0.1, 0.15) is 0 Å². The molecule has 3 nitrogen and oxygen atoms in total. The van der Waals surface area contributed by atoms with Gasteiger partial charge in [-0.1, -0.05) is 0 Å². The second-order valence-electron chi connectivity index (χ2n) is 1.54. The van der Waals surface area contributed by atoms with Gasteiger partial charge < -0.3 is 5.73 Å². The molecule has 0 aromatic rings. The number of carbonyl (C=O) groups excluding carboxylic acids is 1. The highest BCUT2D eigenvalue weighted by Crippen LogP contribution is 2.10. The molecule has 0 aromatic carbocycles. The van der Waals surface area contributed by atoms with Crippen LogP contribution in [-0.4, -0.2) is 18.0 Å². The van der Waals surface area contributed by atoms with Gasteiger partial charge in [0.2, 0.25) is 0 Å². The minimum Gasteiger partial charge on any atom is -0.366 e. The molecule has 9 heavy (non-hydrogen) atoms. The van der Waals surface area contributed by atoms with Crippen LogP contribution in [0.4, 0.5) is 0 Å². The molecule has 0 unspecified atom stereocenters. The van der Waals surface area contributed by atoms with Gasteiger partial charge >= 0.3 is 0 Å². The zero-order valence-electron chi connectivity index (χ0n) is 4.70. The smallest absolute Gasteiger partial charge is 0.250 e. The van der Waals surface area contributed by atoms with Crippen molar-refractivity contribution < 1.29 is 4.79 Å². The van der Waals surface area contributed by atoms with Gasteiger partial charge in [0.05, 0.1) is 11.4 Å². The van der Waals surface area contributed by atoms with Gasteiger partial charge in [-0.2, -0.15) is 0 Å². The number of hydrogen-bond donors (Lipinski definition) is 1. The van der Waals surface area contributed by atoms with Gasteiger partial charge in [-0.05, 0) is 5.41 Å². The molecule has 0 atom stereocenters. The van der Waals surface area contributed by atoms with Gasteiger partial charge in [0.1, 0.15) is 0 Å². The van der Waals surface area contributed by atoms with Crippen molar-refractivity contribution >= 4 is 23.9 Å². The maximum atomic E-state index is 10.4. The molecule has 0 bridgehead atoms. The van der Waals surface area contributed by atoms with Crippen molar-refractivity contribution in [2.24, 2.45) is 10.7 Å². The number of hydrogen-bond acceptors (Lipinski definition) is 3. The Morgan fingerprint density at radius 1 is 1.89 bits per heavy atom. The Kier molecular flexibility index (Phi) is 1.89. The Labute approximate surface area is 57.0 Å². The number of thioether (sulfide) groups is 1. The fraction of sp³-hybridized carbons (Fsp3) is 0.200. The molecule has 0 aromatic heterocycles. The molecular weight excluding hydrogens is 136 g/mol. The summed E-state index contributed by atoms with van der Waals surface area (Å²) in [6.45, 7) is 0. The third kappa shape index (κ3) is 1.57. The van der Waals surface area contributed by atoms with E-state index in [0.717, 1.165) is 0 Å². The molecule has 1 amide bonds. The van der Waals surface area contributed by atoms with E-state index in [9.17, 15) is 4.79 Å². The quantitative estimate of drug-likeness (QED) is 0.565. The predicted molar refractivity (Wildman–Crippen MR) is 38.2 cm³/mol. The number of nitrogens with zero attached hydrogens (tertiary/aromatic N) is 1. The maximum absolute atomic E-state index is 10.4. The fourth-order valence-electron chi connectivity index (χ4n) is 0.458. The number of amides is 1. The van der Waals surface area contributed by atoms with Crippen molar-refractivity contribution in [2.75, 3.05) is 5.88 Å². The molecule has 4 heteroatoms. The molecule has 1 aliphatic heterocycles. The molecular formula is C5H6N2OS. The van der Waals surface area contributed by atoms with E-state index in [1.807, 2.05) is 0 Å². The van der Waals surface area contributed by atoms with Crippen LogP contribution in [0.5, 0.6) is 0 Å². The van der Waals surface area contributed by atoms with Crippen LogP contribution in [-0.2, 0) is 4.79 Å². The van der Waals surface area contributed by atoms with Crippen LogP contribution < -0.4 is 5.73 Å². The summed E-state index contributed by atoms with van der Waals surface area (Å²) in [6, 6.07) is 0. The Morgan fingerprint density at radius 2 is 2.67 bits per heavy atom. The number of nitrogens with two attached hydrogens (primary N) is 1. The van der Waals surface area contributed by atoms with Crippen LogP contribution in [0.3, 0.4) is 0 Å². The molecule has 0 saturated heterocycles. The zero-order valence-corrected chi connectivity index (χ0v) is 5.52. The first-order valence-corrected chi connectivity index (χ1v) is 3.47. The van der Waals surface area contributed by atoms with E-state index in [2.05, 4.69) is 4.99 Å². The summed E-state index contributed by atoms with van der Waals surface area (Å²) in [5.41, 5.74) is 5.45. The third-order valence-corrected chi connectivity index (χ3v) is 1.59. The Hall–Kier alpha value is -0.770. The van der Waals surface area contributed by atoms with Gasteiger partial charge in [0.15, 0.2) is 0 Å². The average molecular weight is 142 g/mol. The molecule has 0 saturated carbocycles. The largest absolute Gasteiger partial charge is 0.366 e. The van der Waals surface area contributed by atoms with Crippen LogP contribution in [0.15, 0.2) is 16.0 Å². The number of primary amides is 1. The summed E-state index contributed by atoms with van der Waals surface area (Å²) in [6.07, 6.45) is 1.50. The predicted octanol–water partition coefficient (Wildman–Crippen LogP) is 0.131. The molecule has 1 rings (SSSR count). The van der Waals surface area contributed by atoms with Crippen LogP contribution in [0, 0.1) is 0 Å². The highest BCUT2D eigenvalue weighted by molar-refractivity contribution is 8.02. The van der Waals surface area contributed by atoms with Crippen molar-refractivity contribution in [3.05, 3.63) is 11.0 Å². The first-order chi connectivity index (χ1) is 4.30. The summed E-state index contributed by atoms with van der Waals surface area (Å²) in [4.78, 5) is 14.3. The molecule has 0 radical (unpaired) electrons. The van der Waals surface area contributed by atoms with E-state index in [1.54, 1.807) is 5.41 Å². The minimum atomic E-state index is -0.411. The lowest BCUT2D eigenvalue weighted by Gasteiger charge is -1.99. The molecule has 0 fully saturated rings. The second-order valence-corrected chi connectivity index (χ2v) is 2.37. The average Bonchev–Trinajstić information content (AvgIpc) is 1.90. The monoisotopic (exact) mass is 142 g/mol. The fourth-order valence-corrected chi connectivity index (χ4v) is 1.05. The number of carbonyl (C=O) groups is 1. The van der Waals surface area contributed by atoms with Gasteiger partial charge in [0.25, 0.3) is 5.91 Å². The second kappa shape index (κ2) is 2.68. The van der Waals surface area contributed by atoms with Gasteiger partial charge in [0, 0.05) is 6.21 Å². The van der Waals surface area contributed by atoms with E-state index in [-0.39, 0.29) is 0 Å². The molecule has 0 aliphatic carbocycles. The van der Waals surface area contributed by atoms with Crippen molar-refractivity contribution in [1.82, 2.24) is 0 Å². The first-order valence-electron chi connectivity index (χ1n) is 2.42. The summed E-state index contributed by atoms with van der Waals surface area (Å²) in [5, 5.41) is 1.72.